The number of aromatic nitrogens is 1. The van der Waals surface area contributed by atoms with Crippen LogP contribution in [0.15, 0.2) is 12.3 Å². The molecule has 0 aliphatic heterocycles. The Morgan fingerprint density at radius 3 is 2.63 bits per heavy atom. The van der Waals surface area contributed by atoms with Crippen molar-refractivity contribution in [3.05, 3.63) is 23.5 Å². The standard InChI is InChI=1S/C13H20F3N3/c1-4-5-17-7-11-8-18-10(2)6-12(11)19(3)9-13(14,15)16/h6,8,17H,4-5,7,9H2,1-3H3. The van der Waals surface area contributed by atoms with Crippen LogP contribution in [0.4, 0.5) is 18.9 Å². The van der Waals surface area contributed by atoms with Crippen LogP contribution in [0.5, 0.6) is 0 Å². The molecule has 1 aromatic heterocycles. The maximum absolute atomic E-state index is 12.5. The van der Waals surface area contributed by atoms with Crippen molar-refractivity contribution < 1.29 is 13.2 Å². The molecule has 0 bridgehead atoms. The lowest BCUT2D eigenvalue weighted by atomic mass is 10.2. The van der Waals surface area contributed by atoms with Crippen LogP contribution in [0.25, 0.3) is 0 Å². The molecule has 0 spiro atoms. The molecule has 0 amide bonds. The number of alkyl halides is 3. The summed E-state index contributed by atoms with van der Waals surface area (Å²) in [4.78, 5) is 5.37. The third-order valence-electron chi connectivity index (χ3n) is 2.67. The van der Waals surface area contributed by atoms with Crippen LogP contribution in [-0.4, -0.2) is 31.3 Å². The fourth-order valence-corrected chi connectivity index (χ4v) is 1.82. The summed E-state index contributed by atoms with van der Waals surface area (Å²) in [5, 5.41) is 3.18. The molecule has 1 N–H and O–H groups in total. The zero-order chi connectivity index (χ0) is 14.5. The summed E-state index contributed by atoms with van der Waals surface area (Å²) in [5.74, 6) is 0. The number of pyridine rings is 1. The Hall–Kier alpha value is -1.30. The molecule has 0 saturated heterocycles. The molecule has 6 heteroatoms. The predicted molar refractivity (Wildman–Crippen MR) is 70.3 cm³/mol. The van der Waals surface area contributed by atoms with Crippen LogP contribution in [0, 0.1) is 6.92 Å². The number of nitrogens with one attached hydrogen (secondary N) is 1. The van der Waals surface area contributed by atoms with E-state index < -0.39 is 12.7 Å². The third-order valence-corrected chi connectivity index (χ3v) is 2.67. The highest BCUT2D eigenvalue weighted by molar-refractivity contribution is 5.53. The Morgan fingerprint density at radius 2 is 2.05 bits per heavy atom. The van der Waals surface area contributed by atoms with Gasteiger partial charge in [0.05, 0.1) is 0 Å². The molecular weight excluding hydrogens is 255 g/mol. The molecule has 0 aromatic carbocycles. The highest BCUT2D eigenvalue weighted by atomic mass is 19.4. The van der Waals surface area contributed by atoms with Crippen molar-refractivity contribution in [1.82, 2.24) is 10.3 Å². The van der Waals surface area contributed by atoms with Crippen LogP contribution in [0.3, 0.4) is 0 Å². The van der Waals surface area contributed by atoms with Crippen molar-refractivity contribution in [3.63, 3.8) is 0 Å². The van der Waals surface area contributed by atoms with Crippen molar-refractivity contribution in [1.29, 1.82) is 0 Å². The van der Waals surface area contributed by atoms with Crippen molar-refractivity contribution >= 4 is 5.69 Å². The normalized spacial score (nSPS) is 11.7. The topological polar surface area (TPSA) is 28.2 Å². The van der Waals surface area contributed by atoms with Gasteiger partial charge in [-0.1, -0.05) is 6.92 Å². The number of rotatable bonds is 6. The number of hydrogen-bond acceptors (Lipinski definition) is 3. The summed E-state index contributed by atoms with van der Waals surface area (Å²) in [7, 11) is 1.45. The van der Waals surface area contributed by atoms with E-state index in [4.69, 9.17) is 0 Å². The van der Waals surface area contributed by atoms with E-state index in [1.165, 1.54) is 11.9 Å². The van der Waals surface area contributed by atoms with Gasteiger partial charge in [0, 0.05) is 36.7 Å². The van der Waals surface area contributed by atoms with Gasteiger partial charge in [-0.05, 0) is 26.0 Å². The average molecular weight is 275 g/mol. The maximum atomic E-state index is 12.5. The molecule has 108 valence electrons. The Bertz CT molecular complexity index is 405. The monoisotopic (exact) mass is 275 g/mol. The predicted octanol–water partition coefficient (Wildman–Crippen LogP) is 2.89. The van der Waals surface area contributed by atoms with E-state index in [-0.39, 0.29) is 0 Å². The molecule has 0 radical (unpaired) electrons. The van der Waals surface area contributed by atoms with E-state index in [1.807, 2.05) is 6.92 Å². The van der Waals surface area contributed by atoms with Crippen LogP contribution >= 0.6 is 0 Å². The molecule has 0 atom stereocenters. The van der Waals surface area contributed by atoms with Crippen molar-refractivity contribution in [2.24, 2.45) is 0 Å². The highest BCUT2D eigenvalue weighted by Gasteiger charge is 2.30. The number of anilines is 1. The first-order chi connectivity index (χ1) is 8.83. The molecule has 0 unspecified atom stereocenters. The van der Waals surface area contributed by atoms with Crippen LogP contribution in [0.2, 0.25) is 0 Å². The van der Waals surface area contributed by atoms with Gasteiger partial charge in [0.1, 0.15) is 6.54 Å². The van der Waals surface area contributed by atoms with E-state index in [9.17, 15) is 13.2 Å². The highest BCUT2D eigenvalue weighted by Crippen LogP contribution is 2.24. The molecular formula is C13H20F3N3. The van der Waals surface area contributed by atoms with Crippen molar-refractivity contribution in [2.75, 3.05) is 25.0 Å². The second kappa shape index (κ2) is 6.75. The zero-order valence-electron chi connectivity index (χ0n) is 11.5. The lowest BCUT2D eigenvalue weighted by molar-refractivity contribution is -0.119. The summed E-state index contributed by atoms with van der Waals surface area (Å²) in [5.41, 5.74) is 2.07. The fourth-order valence-electron chi connectivity index (χ4n) is 1.82. The number of halogens is 3. The van der Waals surface area contributed by atoms with Gasteiger partial charge in [-0.25, -0.2) is 0 Å². The van der Waals surface area contributed by atoms with Gasteiger partial charge >= 0.3 is 6.18 Å². The summed E-state index contributed by atoms with van der Waals surface area (Å²) >= 11 is 0. The first-order valence-electron chi connectivity index (χ1n) is 6.27. The molecule has 0 aliphatic carbocycles. The minimum Gasteiger partial charge on any atom is -0.365 e. The molecule has 3 nitrogen and oxygen atoms in total. The van der Waals surface area contributed by atoms with Crippen molar-refractivity contribution in [2.45, 2.75) is 33.0 Å². The maximum Gasteiger partial charge on any atom is 0.405 e. The number of aryl methyl sites for hydroxylation is 1. The molecule has 0 fully saturated rings. The molecule has 1 aromatic rings. The number of nitrogens with zero attached hydrogens (tertiary/aromatic N) is 2. The second-order valence-corrected chi connectivity index (χ2v) is 4.60. The quantitative estimate of drug-likeness (QED) is 0.809. The van der Waals surface area contributed by atoms with E-state index in [0.717, 1.165) is 18.5 Å². The Kier molecular flexibility index (Phi) is 5.60. The van der Waals surface area contributed by atoms with Gasteiger partial charge in [0.15, 0.2) is 0 Å². The SMILES string of the molecule is CCCNCc1cnc(C)cc1N(C)CC(F)(F)F. The second-order valence-electron chi connectivity index (χ2n) is 4.60. The Balaban J connectivity index is 2.86. The number of hydrogen-bond donors (Lipinski definition) is 1. The zero-order valence-corrected chi connectivity index (χ0v) is 11.5. The molecule has 0 aliphatic rings. The van der Waals surface area contributed by atoms with Gasteiger partial charge in [-0.15, -0.1) is 0 Å². The van der Waals surface area contributed by atoms with Gasteiger partial charge in [0.2, 0.25) is 0 Å². The van der Waals surface area contributed by atoms with Gasteiger partial charge < -0.3 is 10.2 Å². The first-order valence-corrected chi connectivity index (χ1v) is 6.27. The van der Waals surface area contributed by atoms with E-state index >= 15 is 0 Å². The van der Waals surface area contributed by atoms with E-state index in [1.54, 1.807) is 19.2 Å². The minimum atomic E-state index is -4.21. The smallest absolute Gasteiger partial charge is 0.365 e. The van der Waals surface area contributed by atoms with E-state index in [2.05, 4.69) is 10.3 Å². The van der Waals surface area contributed by atoms with Crippen LogP contribution < -0.4 is 10.2 Å². The molecule has 1 rings (SSSR count). The molecule has 1 heterocycles. The average Bonchev–Trinajstić information content (AvgIpc) is 2.29. The Morgan fingerprint density at radius 1 is 1.37 bits per heavy atom. The largest absolute Gasteiger partial charge is 0.405 e. The molecule has 19 heavy (non-hydrogen) atoms. The lowest BCUT2D eigenvalue weighted by Crippen LogP contribution is -2.32. The van der Waals surface area contributed by atoms with Gasteiger partial charge in [-0.2, -0.15) is 13.2 Å². The summed E-state index contributed by atoms with van der Waals surface area (Å²) in [6.07, 6.45) is -1.59. The fraction of sp³-hybridized carbons (Fsp3) is 0.615. The summed E-state index contributed by atoms with van der Waals surface area (Å²) in [6.45, 7) is 4.21. The van der Waals surface area contributed by atoms with E-state index in [0.29, 0.717) is 17.9 Å². The molecule has 0 saturated carbocycles. The van der Waals surface area contributed by atoms with Crippen molar-refractivity contribution in [3.8, 4) is 0 Å². The third kappa shape index (κ3) is 5.46. The lowest BCUT2D eigenvalue weighted by Gasteiger charge is -2.24. The summed E-state index contributed by atoms with van der Waals surface area (Å²) in [6, 6.07) is 1.69. The first kappa shape index (κ1) is 15.8. The van der Waals surface area contributed by atoms with Gasteiger partial charge in [0.25, 0.3) is 0 Å². The summed E-state index contributed by atoms with van der Waals surface area (Å²) < 4.78 is 37.4. The van der Waals surface area contributed by atoms with Gasteiger partial charge in [-0.3, -0.25) is 4.98 Å². The minimum absolute atomic E-state index is 0.526. The Labute approximate surface area is 111 Å². The van der Waals surface area contributed by atoms with Crippen LogP contribution in [0.1, 0.15) is 24.6 Å². The van der Waals surface area contributed by atoms with Crippen LogP contribution in [-0.2, 0) is 6.54 Å².